The van der Waals surface area contributed by atoms with Crippen molar-refractivity contribution < 1.29 is 20.1 Å². The molecule has 3 saturated carbocycles. The van der Waals surface area contributed by atoms with E-state index in [2.05, 4.69) is 4.90 Å². The lowest BCUT2D eigenvalue weighted by atomic mass is 9.59. The zero-order chi connectivity index (χ0) is 26.5. The van der Waals surface area contributed by atoms with Crippen LogP contribution in [0.15, 0.2) is 0 Å². The number of aliphatic carboxylic acids is 1. The van der Waals surface area contributed by atoms with Gasteiger partial charge in [-0.25, -0.2) is 0 Å². The summed E-state index contributed by atoms with van der Waals surface area (Å²) in [6.07, 6.45) is 20.5. The summed E-state index contributed by atoms with van der Waals surface area (Å²) in [5.74, 6) is 1.35. The zero-order valence-electron chi connectivity index (χ0n) is 24.0. The number of piperidine rings is 1. The molecule has 1 atom stereocenters. The van der Waals surface area contributed by atoms with Crippen molar-refractivity contribution in [1.29, 1.82) is 0 Å². The molecule has 4 rings (SSSR count). The van der Waals surface area contributed by atoms with E-state index in [0.29, 0.717) is 23.7 Å². The topological polar surface area (TPSA) is 81.0 Å². The van der Waals surface area contributed by atoms with Crippen molar-refractivity contribution in [2.45, 2.75) is 141 Å². The van der Waals surface area contributed by atoms with Gasteiger partial charge in [0.1, 0.15) is 0 Å². The first-order chi connectivity index (χ1) is 17.7. The number of aliphatic hydroxyl groups excluding tert-OH is 1. The highest BCUT2D eigenvalue weighted by Gasteiger charge is 2.50. The van der Waals surface area contributed by atoms with Crippen LogP contribution in [0.25, 0.3) is 0 Å². The predicted molar refractivity (Wildman–Crippen MR) is 149 cm³/mol. The van der Waals surface area contributed by atoms with Crippen LogP contribution >= 0.6 is 0 Å². The average Bonchev–Trinajstić information content (AvgIpc) is 2.94. The number of carbonyl (C=O) groups is 1. The van der Waals surface area contributed by atoms with Gasteiger partial charge in [-0.2, -0.15) is 0 Å². The van der Waals surface area contributed by atoms with Crippen molar-refractivity contribution >= 4 is 5.97 Å². The SMILES string of the molecule is CC(C)(C(=O)O)C1CCC(C(O)CCCN2CCC(C(O)(C3CCCCC3)C3CCCCC3)CC2)CC1. The van der Waals surface area contributed by atoms with Crippen molar-refractivity contribution in [3.05, 3.63) is 0 Å². The maximum Gasteiger partial charge on any atom is 0.309 e. The van der Waals surface area contributed by atoms with Gasteiger partial charge in [-0.05, 0) is 140 Å². The van der Waals surface area contributed by atoms with Crippen molar-refractivity contribution in [2.24, 2.45) is 35.0 Å². The van der Waals surface area contributed by atoms with E-state index in [1.807, 2.05) is 13.8 Å². The molecule has 1 saturated heterocycles. The zero-order valence-corrected chi connectivity index (χ0v) is 24.0. The molecular formula is C32H57NO4. The predicted octanol–water partition coefficient (Wildman–Crippen LogP) is 6.65. The molecule has 5 heteroatoms. The number of rotatable bonds is 10. The molecule has 37 heavy (non-hydrogen) atoms. The molecular weight excluding hydrogens is 462 g/mol. The number of likely N-dealkylation sites (tertiary alicyclic amines) is 1. The van der Waals surface area contributed by atoms with Gasteiger partial charge >= 0.3 is 5.97 Å². The summed E-state index contributed by atoms with van der Waals surface area (Å²) >= 11 is 0. The molecule has 0 aromatic rings. The summed E-state index contributed by atoms with van der Waals surface area (Å²) in [4.78, 5) is 14.2. The van der Waals surface area contributed by atoms with Gasteiger partial charge in [0, 0.05) is 0 Å². The van der Waals surface area contributed by atoms with Gasteiger partial charge in [0.05, 0.1) is 17.1 Å². The Labute approximate surface area is 226 Å². The fraction of sp³-hybridized carbons (Fsp3) is 0.969. The molecule has 1 unspecified atom stereocenters. The normalized spacial score (nSPS) is 29.3. The summed E-state index contributed by atoms with van der Waals surface area (Å²) in [5, 5.41) is 32.8. The Kier molecular flexibility index (Phi) is 10.4. The second kappa shape index (κ2) is 13.1. The van der Waals surface area contributed by atoms with E-state index in [1.165, 1.54) is 64.2 Å². The molecule has 0 radical (unpaired) electrons. The van der Waals surface area contributed by atoms with E-state index in [-0.39, 0.29) is 12.0 Å². The van der Waals surface area contributed by atoms with Crippen molar-refractivity contribution in [3.63, 3.8) is 0 Å². The smallest absolute Gasteiger partial charge is 0.309 e. The van der Waals surface area contributed by atoms with Crippen LogP contribution in [0.1, 0.15) is 129 Å². The summed E-state index contributed by atoms with van der Waals surface area (Å²) in [5.41, 5.74) is -1.10. The van der Waals surface area contributed by atoms with E-state index >= 15 is 0 Å². The number of carboxylic acid groups (broad SMARTS) is 1. The second-order valence-electron chi connectivity index (χ2n) is 14.0. The Morgan fingerprint density at radius 2 is 1.24 bits per heavy atom. The minimum absolute atomic E-state index is 0.218. The van der Waals surface area contributed by atoms with Crippen LogP contribution in [0.3, 0.4) is 0 Å². The van der Waals surface area contributed by atoms with Gasteiger partial charge in [0.2, 0.25) is 0 Å². The van der Waals surface area contributed by atoms with E-state index < -0.39 is 17.0 Å². The highest BCUT2D eigenvalue weighted by atomic mass is 16.4. The molecule has 5 nitrogen and oxygen atoms in total. The molecule has 4 fully saturated rings. The fourth-order valence-corrected chi connectivity index (χ4v) is 8.91. The molecule has 214 valence electrons. The van der Waals surface area contributed by atoms with Crippen LogP contribution in [0.4, 0.5) is 0 Å². The first-order valence-corrected chi connectivity index (χ1v) is 16.1. The Morgan fingerprint density at radius 3 is 1.73 bits per heavy atom. The molecule has 1 heterocycles. The van der Waals surface area contributed by atoms with Gasteiger partial charge in [0.15, 0.2) is 0 Å². The molecule has 0 aromatic heterocycles. The van der Waals surface area contributed by atoms with Crippen molar-refractivity contribution in [1.82, 2.24) is 4.90 Å². The average molecular weight is 520 g/mol. The van der Waals surface area contributed by atoms with Crippen LogP contribution in [-0.4, -0.2) is 57.5 Å². The Bertz CT molecular complexity index is 678. The van der Waals surface area contributed by atoms with E-state index in [4.69, 9.17) is 0 Å². The third kappa shape index (κ3) is 6.92. The van der Waals surface area contributed by atoms with Crippen molar-refractivity contribution in [2.75, 3.05) is 19.6 Å². The van der Waals surface area contributed by atoms with Crippen LogP contribution in [-0.2, 0) is 4.79 Å². The van der Waals surface area contributed by atoms with E-state index in [1.54, 1.807) is 0 Å². The third-order valence-corrected chi connectivity index (χ3v) is 11.6. The molecule has 0 bridgehead atoms. The molecule has 0 spiro atoms. The summed E-state index contributed by atoms with van der Waals surface area (Å²) < 4.78 is 0. The molecule has 0 amide bonds. The van der Waals surface area contributed by atoms with Crippen LogP contribution in [0.2, 0.25) is 0 Å². The summed E-state index contributed by atoms with van der Waals surface area (Å²) in [6, 6.07) is 0. The summed E-state index contributed by atoms with van der Waals surface area (Å²) in [7, 11) is 0. The lowest BCUT2D eigenvalue weighted by Crippen LogP contribution is -2.55. The van der Waals surface area contributed by atoms with Gasteiger partial charge in [0.25, 0.3) is 0 Å². The van der Waals surface area contributed by atoms with Gasteiger partial charge in [-0.15, -0.1) is 0 Å². The maximum atomic E-state index is 12.4. The number of nitrogens with zero attached hydrogens (tertiary/aromatic N) is 1. The standard InChI is InChI=1S/C32H57NO4/c1-31(2,30(35)36)25-17-15-24(16-18-25)29(34)14-9-21-33-22-19-28(20-23-33)32(37,26-10-5-3-6-11-26)27-12-7-4-8-13-27/h24-29,34,37H,3-23H2,1-2H3,(H,35,36). The molecule has 3 N–H and O–H groups in total. The number of hydrogen-bond donors (Lipinski definition) is 3. The Balaban J connectivity index is 1.20. The minimum atomic E-state index is -0.698. The second-order valence-corrected chi connectivity index (χ2v) is 14.0. The van der Waals surface area contributed by atoms with Crippen LogP contribution in [0.5, 0.6) is 0 Å². The monoisotopic (exact) mass is 519 g/mol. The Morgan fingerprint density at radius 1 is 0.757 bits per heavy atom. The van der Waals surface area contributed by atoms with Crippen LogP contribution < -0.4 is 0 Å². The number of hydrogen-bond acceptors (Lipinski definition) is 4. The first kappa shape index (κ1) is 29.3. The number of aliphatic hydroxyl groups is 2. The van der Waals surface area contributed by atoms with Gasteiger partial charge in [-0.1, -0.05) is 38.5 Å². The quantitative estimate of drug-likeness (QED) is 0.301. The molecule has 4 aliphatic rings. The van der Waals surface area contributed by atoms with Gasteiger partial charge in [-0.3, -0.25) is 4.79 Å². The lowest BCUT2D eigenvalue weighted by Gasteiger charge is -2.52. The fourth-order valence-electron chi connectivity index (χ4n) is 8.91. The Hall–Kier alpha value is -0.650. The lowest BCUT2D eigenvalue weighted by molar-refractivity contribution is -0.151. The van der Waals surface area contributed by atoms with Gasteiger partial charge < -0.3 is 20.2 Å². The van der Waals surface area contributed by atoms with E-state index in [0.717, 1.165) is 71.0 Å². The summed E-state index contributed by atoms with van der Waals surface area (Å²) in [6.45, 7) is 6.95. The molecule has 3 aliphatic carbocycles. The van der Waals surface area contributed by atoms with E-state index in [9.17, 15) is 20.1 Å². The maximum absolute atomic E-state index is 12.4. The highest BCUT2D eigenvalue weighted by molar-refractivity contribution is 5.74. The molecule has 1 aliphatic heterocycles. The third-order valence-electron chi connectivity index (χ3n) is 11.6. The van der Waals surface area contributed by atoms with Crippen LogP contribution in [0, 0.1) is 35.0 Å². The largest absolute Gasteiger partial charge is 0.481 e. The van der Waals surface area contributed by atoms with Crippen molar-refractivity contribution in [3.8, 4) is 0 Å². The number of carboxylic acids is 1. The minimum Gasteiger partial charge on any atom is -0.481 e. The highest BCUT2D eigenvalue weighted by Crippen LogP contribution is 2.49. The first-order valence-electron chi connectivity index (χ1n) is 16.1. The molecule has 0 aromatic carbocycles.